The number of carbonyl (C=O) groups is 2. The number of amides is 1. The molecule has 2 N–H and O–H groups in total. The summed E-state index contributed by atoms with van der Waals surface area (Å²) in [6, 6.07) is 4.78. The number of nitrogens with zero attached hydrogens (tertiary/aromatic N) is 1. The normalized spacial score (nSPS) is 11.5. The molecule has 1 atom stereocenters. The van der Waals surface area contributed by atoms with Crippen LogP contribution in [0.4, 0.5) is 5.69 Å². The van der Waals surface area contributed by atoms with Crippen molar-refractivity contribution in [2.24, 2.45) is 0 Å². The van der Waals surface area contributed by atoms with Gasteiger partial charge in [0.25, 0.3) is 5.69 Å². The number of aliphatic hydroxyl groups is 1. The smallest absolute Gasteiger partial charge is 0.328 e. The summed E-state index contributed by atoms with van der Waals surface area (Å²) in [5, 5.41) is 21.8. The molecule has 8 nitrogen and oxygen atoms in total. The third kappa shape index (κ3) is 4.02. The highest BCUT2D eigenvalue weighted by atomic mass is 16.6. The van der Waals surface area contributed by atoms with Gasteiger partial charge in [-0.1, -0.05) is 18.2 Å². The summed E-state index contributed by atoms with van der Waals surface area (Å²) in [7, 11) is 1.14. The first kappa shape index (κ1) is 15.6. The largest absolute Gasteiger partial charge is 0.467 e. The van der Waals surface area contributed by atoms with Crippen LogP contribution in [0, 0.1) is 10.1 Å². The highest BCUT2D eigenvalue weighted by Crippen LogP contribution is 2.19. The molecule has 8 heteroatoms. The number of nitrogens with one attached hydrogen (secondary N) is 1. The minimum Gasteiger partial charge on any atom is -0.467 e. The number of aliphatic hydroxyl groups excluding tert-OH is 1. The van der Waals surface area contributed by atoms with E-state index < -0.39 is 29.4 Å². The van der Waals surface area contributed by atoms with Gasteiger partial charge in [0.05, 0.1) is 12.0 Å². The van der Waals surface area contributed by atoms with Crippen LogP contribution in [0.2, 0.25) is 0 Å². The molecule has 20 heavy (non-hydrogen) atoms. The predicted octanol–water partition coefficient (Wildman–Crippen LogP) is -0.213. The lowest BCUT2D eigenvalue weighted by Crippen LogP contribution is -2.44. The Morgan fingerprint density at radius 3 is 2.65 bits per heavy atom. The first-order chi connectivity index (χ1) is 9.49. The third-order valence-electron chi connectivity index (χ3n) is 2.58. The van der Waals surface area contributed by atoms with Gasteiger partial charge in [0, 0.05) is 18.1 Å². The molecule has 0 aromatic heterocycles. The third-order valence-corrected chi connectivity index (χ3v) is 2.58. The second kappa shape index (κ2) is 7.19. The number of methoxy groups -OCH3 is 1. The Bertz CT molecular complexity index is 516. The number of nitro groups is 1. The van der Waals surface area contributed by atoms with Crippen molar-refractivity contribution >= 4 is 17.6 Å². The van der Waals surface area contributed by atoms with E-state index in [1.807, 2.05) is 0 Å². The van der Waals surface area contributed by atoms with E-state index >= 15 is 0 Å². The van der Waals surface area contributed by atoms with Crippen molar-refractivity contribution in [3.8, 4) is 0 Å². The van der Waals surface area contributed by atoms with Gasteiger partial charge in [-0.3, -0.25) is 14.9 Å². The standard InChI is InChI=1S/C12H14N2O6/c1-20-12(17)9(13-11(16)7-15)6-8-4-2-3-5-10(8)14(18)19/h2-5,9,15H,6-7H2,1H3,(H,13,16)/t9-/m0/s1. The molecule has 0 aliphatic heterocycles. The first-order valence-electron chi connectivity index (χ1n) is 5.70. The maximum Gasteiger partial charge on any atom is 0.328 e. The highest BCUT2D eigenvalue weighted by molar-refractivity contribution is 5.85. The van der Waals surface area contributed by atoms with Crippen LogP contribution in [0.15, 0.2) is 24.3 Å². The fourth-order valence-electron chi connectivity index (χ4n) is 1.66. The monoisotopic (exact) mass is 282 g/mol. The quantitative estimate of drug-likeness (QED) is 0.423. The molecular weight excluding hydrogens is 268 g/mol. The lowest BCUT2D eigenvalue weighted by Gasteiger charge is -2.15. The Morgan fingerprint density at radius 2 is 2.10 bits per heavy atom. The van der Waals surface area contributed by atoms with Crippen molar-refractivity contribution in [2.45, 2.75) is 12.5 Å². The van der Waals surface area contributed by atoms with Crippen LogP contribution < -0.4 is 5.32 Å². The molecular formula is C12H14N2O6. The second-order valence-corrected chi connectivity index (χ2v) is 3.89. The summed E-state index contributed by atoms with van der Waals surface area (Å²) in [5.41, 5.74) is 0.130. The molecule has 0 radical (unpaired) electrons. The number of para-hydroxylation sites is 1. The molecule has 108 valence electrons. The zero-order valence-electron chi connectivity index (χ0n) is 10.7. The van der Waals surface area contributed by atoms with Crippen LogP contribution in [0.1, 0.15) is 5.56 Å². The number of benzene rings is 1. The summed E-state index contributed by atoms with van der Waals surface area (Å²) in [4.78, 5) is 33.0. The number of nitro benzene ring substituents is 1. The molecule has 1 rings (SSSR count). The first-order valence-corrected chi connectivity index (χ1v) is 5.70. The van der Waals surface area contributed by atoms with Crippen molar-refractivity contribution in [1.29, 1.82) is 0 Å². The van der Waals surface area contributed by atoms with Crippen LogP contribution in [0.3, 0.4) is 0 Å². The number of hydrogen-bond acceptors (Lipinski definition) is 6. The molecule has 0 bridgehead atoms. The van der Waals surface area contributed by atoms with Crippen LogP contribution in [-0.4, -0.2) is 41.7 Å². The zero-order valence-corrected chi connectivity index (χ0v) is 10.7. The molecule has 0 saturated heterocycles. The van der Waals surface area contributed by atoms with E-state index in [0.717, 1.165) is 7.11 Å². The van der Waals surface area contributed by atoms with Gasteiger partial charge >= 0.3 is 5.97 Å². The Kier molecular flexibility index (Phi) is 5.60. The van der Waals surface area contributed by atoms with Gasteiger partial charge in [-0.25, -0.2) is 4.79 Å². The summed E-state index contributed by atoms with van der Waals surface area (Å²) in [5.74, 6) is -1.51. The van der Waals surface area contributed by atoms with Crippen molar-refractivity contribution in [3.05, 3.63) is 39.9 Å². The van der Waals surface area contributed by atoms with Crippen molar-refractivity contribution in [2.75, 3.05) is 13.7 Å². The summed E-state index contributed by atoms with van der Waals surface area (Å²) >= 11 is 0. The number of hydrogen-bond donors (Lipinski definition) is 2. The van der Waals surface area contributed by atoms with Gasteiger partial charge < -0.3 is 15.2 Å². The summed E-state index contributed by atoms with van der Waals surface area (Å²) < 4.78 is 4.53. The van der Waals surface area contributed by atoms with Crippen LogP contribution in [0.5, 0.6) is 0 Å². The van der Waals surface area contributed by atoms with Crippen LogP contribution in [0.25, 0.3) is 0 Å². The average molecular weight is 282 g/mol. The molecule has 1 amide bonds. The van der Waals surface area contributed by atoms with Gasteiger partial charge in [0.15, 0.2) is 0 Å². The van der Waals surface area contributed by atoms with E-state index in [1.54, 1.807) is 6.07 Å². The predicted molar refractivity (Wildman–Crippen MR) is 67.8 cm³/mol. The molecule has 0 unspecified atom stereocenters. The SMILES string of the molecule is COC(=O)[C@H](Cc1ccccc1[N+](=O)[O-])NC(=O)CO. The van der Waals surface area contributed by atoms with E-state index in [2.05, 4.69) is 10.1 Å². The number of ether oxygens (including phenoxy) is 1. The van der Waals surface area contributed by atoms with E-state index in [9.17, 15) is 19.7 Å². The van der Waals surface area contributed by atoms with Gasteiger partial charge in [-0.15, -0.1) is 0 Å². The maximum absolute atomic E-state index is 11.6. The van der Waals surface area contributed by atoms with E-state index in [1.165, 1.54) is 18.2 Å². The van der Waals surface area contributed by atoms with E-state index in [4.69, 9.17) is 5.11 Å². The van der Waals surface area contributed by atoms with Gasteiger partial charge in [-0.2, -0.15) is 0 Å². The van der Waals surface area contributed by atoms with E-state index in [0.29, 0.717) is 0 Å². The van der Waals surface area contributed by atoms with Crippen LogP contribution >= 0.6 is 0 Å². The molecule has 0 aliphatic rings. The van der Waals surface area contributed by atoms with Crippen molar-refractivity contribution in [1.82, 2.24) is 5.32 Å². The minimum absolute atomic E-state index is 0.102. The van der Waals surface area contributed by atoms with Crippen molar-refractivity contribution in [3.63, 3.8) is 0 Å². The lowest BCUT2D eigenvalue weighted by molar-refractivity contribution is -0.385. The number of rotatable bonds is 6. The fourth-order valence-corrected chi connectivity index (χ4v) is 1.66. The fraction of sp³-hybridized carbons (Fsp3) is 0.333. The molecule has 0 aliphatic carbocycles. The molecule has 0 fully saturated rings. The second-order valence-electron chi connectivity index (χ2n) is 3.89. The number of carbonyl (C=O) groups excluding carboxylic acids is 2. The molecule has 0 spiro atoms. The zero-order chi connectivity index (χ0) is 15.1. The van der Waals surface area contributed by atoms with Gasteiger partial charge in [0.2, 0.25) is 5.91 Å². The minimum atomic E-state index is -1.10. The average Bonchev–Trinajstić information content (AvgIpc) is 2.45. The number of esters is 1. The Balaban J connectivity index is 2.98. The van der Waals surface area contributed by atoms with Crippen molar-refractivity contribution < 1.29 is 24.4 Å². The summed E-state index contributed by atoms with van der Waals surface area (Å²) in [6.45, 7) is -0.787. The maximum atomic E-state index is 11.6. The van der Waals surface area contributed by atoms with E-state index in [-0.39, 0.29) is 17.7 Å². The molecule has 0 saturated carbocycles. The lowest BCUT2D eigenvalue weighted by atomic mass is 10.0. The highest BCUT2D eigenvalue weighted by Gasteiger charge is 2.25. The molecule has 1 aromatic rings. The Labute approximate surface area is 114 Å². The topological polar surface area (TPSA) is 119 Å². The van der Waals surface area contributed by atoms with Gasteiger partial charge in [0.1, 0.15) is 12.6 Å². The Morgan fingerprint density at radius 1 is 1.45 bits per heavy atom. The summed E-state index contributed by atoms with van der Waals surface area (Å²) in [6.07, 6.45) is -0.102. The molecule has 0 heterocycles. The molecule has 1 aromatic carbocycles. The van der Waals surface area contributed by atoms with Gasteiger partial charge in [-0.05, 0) is 0 Å². The van der Waals surface area contributed by atoms with Crippen LogP contribution in [-0.2, 0) is 20.7 Å². The Hall–Kier alpha value is -2.48.